The van der Waals surface area contributed by atoms with E-state index in [1.165, 1.54) is 0 Å². The van der Waals surface area contributed by atoms with Crippen molar-refractivity contribution in [1.29, 1.82) is 0 Å². The average Bonchev–Trinajstić information content (AvgIpc) is 2.98. The Morgan fingerprint density at radius 1 is 1.33 bits per heavy atom. The van der Waals surface area contributed by atoms with Crippen LogP contribution in [0.5, 0.6) is 0 Å². The lowest BCUT2D eigenvalue weighted by Crippen LogP contribution is -2.52. The number of carbonyl (C=O) groups excluding carboxylic acids is 1. The van der Waals surface area contributed by atoms with Crippen molar-refractivity contribution in [2.45, 2.75) is 13.0 Å². The topological polar surface area (TPSA) is 50.2 Å². The summed E-state index contributed by atoms with van der Waals surface area (Å²) in [7, 11) is 0. The van der Waals surface area contributed by atoms with E-state index in [0.717, 1.165) is 25.3 Å². The van der Waals surface area contributed by atoms with Crippen LogP contribution in [0.4, 0.5) is 0 Å². The van der Waals surface area contributed by atoms with Crippen molar-refractivity contribution in [2.75, 3.05) is 19.6 Å². The maximum atomic E-state index is 12.5. The van der Waals surface area contributed by atoms with Gasteiger partial charge >= 0.3 is 0 Å². The Labute approximate surface area is 130 Å². The largest absolute Gasteiger partial charge is 0.333 e. The maximum Gasteiger partial charge on any atom is 0.257 e. The number of halogens is 1. The van der Waals surface area contributed by atoms with E-state index in [1.54, 1.807) is 17.1 Å². The van der Waals surface area contributed by atoms with Gasteiger partial charge in [0.2, 0.25) is 0 Å². The zero-order chi connectivity index (χ0) is 13.9. The fraction of sp³-hybridized carbons (Fsp3) is 0.333. The monoisotopic (exact) mass is 306 g/mol. The van der Waals surface area contributed by atoms with Crippen molar-refractivity contribution in [3.63, 3.8) is 0 Å². The number of carbonyl (C=O) groups is 1. The molecule has 0 bridgehead atoms. The molecular formula is C15H19ClN4O. The molecule has 1 N–H and O–H groups in total. The second-order valence-corrected chi connectivity index (χ2v) is 5.06. The molecule has 6 heteroatoms. The highest BCUT2D eigenvalue weighted by atomic mass is 35.5. The molecule has 0 spiro atoms. The summed E-state index contributed by atoms with van der Waals surface area (Å²) < 4.78 is 1.74. The maximum absolute atomic E-state index is 12.5. The van der Waals surface area contributed by atoms with Gasteiger partial charge in [-0.2, -0.15) is 5.10 Å². The van der Waals surface area contributed by atoms with Crippen LogP contribution in [0.2, 0.25) is 0 Å². The zero-order valence-electron chi connectivity index (χ0n) is 11.9. The van der Waals surface area contributed by atoms with E-state index in [0.29, 0.717) is 5.56 Å². The standard InChI is InChI=1S/C15H18N4O.ClH/c1-12-9-16-7-8-18(12)15(20)13-10-17-19(11-13)14-5-3-2-4-6-14;/h2-6,10-12,16H,7-9H2,1H3;1H. The fourth-order valence-electron chi connectivity index (χ4n) is 2.46. The predicted molar refractivity (Wildman–Crippen MR) is 84.2 cm³/mol. The molecule has 3 rings (SSSR count). The lowest BCUT2D eigenvalue weighted by atomic mass is 10.2. The van der Waals surface area contributed by atoms with Gasteiger partial charge in [-0.05, 0) is 19.1 Å². The first-order chi connectivity index (χ1) is 9.75. The number of hydrogen-bond acceptors (Lipinski definition) is 3. The van der Waals surface area contributed by atoms with E-state index in [4.69, 9.17) is 0 Å². The normalized spacial score (nSPS) is 18.1. The van der Waals surface area contributed by atoms with Crippen LogP contribution < -0.4 is 5.32 Å². The van der Waals surface area contributed by atoms with Crippen LogP contribution >= 0.6 is 12.4 Å². The quantitative estimate of drug-likeness (QED) is 0.919. The summed E-state index contributed by atoms with van der Waals surface area (Å²) in [6.45, 7) is 4.50. The lowest BCUT2D eigenvalue weighted by Gasteiger charge is -2.33. The summed E-state index contributed by atoms with van der Waals surface area (Å²) in [6, 6.07) is 10.0. The van der Waals surface area contributed by atoms with Crippen LogP contribution in [0.25, 0.3) is 5.69 Å². The third-order valence-electron chi connectivity index (χ3n) is 3.61. The zero-order valence-corrected chi connectivity index (χ0v) is 12.7. The molecular weight excluding hydrogens is 288 g/mol. The fourth-order valence-corrected chi connectivity index (χ4v) is 2.46. The van der Waals surface area contributed by atoms with Crippen molar-refractivity contribution in [2.24, 2.45) is 0 Å². The van der Waals surface area contributed by atoms with E-state index < -0.39 is 0 Å². The third-order valence-corrected chi connectivity index (χ3v) is 3.61. The van der Waals surface area contributed by atoms with Gasteiger partial charge in [0.1, 0.15) is 0 Å². The van der Waals surface area contributed by atoms with Crippen LogP contribution in [0.1, 0.15) is 17.3 Å². The van der Waals surface area contributed by atoms with Gasteiger partial charge in [-0.3, -0.25) is 4.79 Å². The Morgan fingerprint density at radius 3 is 2.81 bits per heavy atom. The molecule has 1 saturated heterocycles. The molecule has 1 atom stereocenters. The number of aromatic nitrogens is 2. The highest BCUT2D eigenvalue weighted by Gasteiger charge is 2.24. The molecule has 1 aliphatic heterocycles. The Bertz CT molecular complexity index is 599. The van der Waals surface area contributed by atoms with Crippen molar-refractivity contribution in [1.82, 2.24) is 20.0 Å². The van der Waals surface area contributed by atoms with Gasteiger partial charge in [-0.25, -0.2) is 4.68 Å². The van der Waals surface area contributed by atoms with Crippen molar-refractivity contribution >= 4 is 18.3 Å². The first-order valence-corrected chi connectivity index (χ1v) is 6.87. The Morgan fingerprint density at radius 2 is 2.10 bits per heavy atom. The van der Waals surface area contributed by atoms with Crippen LogP contribution in [-0.4, -0.2) is 46.3 Å². The van der Waals surface area contributed by atoms with Gasteiger partial charge in [0, 0.05) is 31.9 Å². The first-order valence-electron chi connectivity index (χ1n) is 6.87. The van der Waals surface area contributed by atoms with Crippen molar-refractivity contribution in [3.8, 4) is 5.69 Å². The molecule has 0 aliphatic carbocycles. The number of rotatable bonds is 2. The number of nitrogens with zero attached hydrogens (tertiary/aromatic N) is 3. The molecule has 21 heavy (non-hydrogen) atoms. The molecule has 2 heterocycles. The minimum Gasteiger partial charge on any atom is -0.333 e. The Balaban J connectivity index is 0.00000161. The number of piperazine rings is 1. The predicted octanol–water partition coefficient (Wildman–Crippen LogP) is 1.73. The number of benzene rings is 1. The van der Waals surface area contributed by atoms with Gasteiger partial charge in [-0.1, -0.05) is 18.2 Å². The molecule has 2 aromatic rings. The van der Waals surface area contributed by atoms with E-state index in [-0.39, 0.29) is 24.4 Å². The molecule has 1 aromatic carbocycles. The smallest absolute Gasteiger partial charge is 0.257 e. The van der Waals surface area contributed by atoms with E-state index >= 15 is 0 Å². The average molecular weight is 307 g/mol. The molecule has 5 nitrogen and oxygen atoms in total. The molecule has 1 fully saturated rings. The van der Waals surface area contributed by atoms with Gasteiger partial charge in [0.25, 0.3) is 5.91 Å². The van der Waals surface area contributed by atoms with Crippen molar-refractivity contribution < 1.29 is 4.79 Å². The van der Waals surface area contributed by atoms with Gasteiger partial charge in [0.05, 0.1) is 17.4 Å². The molecule has 1 unspecified atom stereocenters. The molecule has 1 aliphatic rings. The summed E-state index contributed by atoms with van der Waals surface area (Å²) >= 11 is 0. The van der Waals surface area contributed by atoms with E-state index in [1.807, 2.05) is 35.2 Å². The van der Waals surface area contributed by atoms with Crippen LogP contribution in [-0.2, 0) is 0 Å². The van der Waals surface area contributed by atoms with E-state index in [9.17, 15) is 4.79 Å². The number of para-hydroxylation sites is 1. The van der Waals surface area contributed by atoms with Crippen molar-refractivity contribution in [3.05, 3.63) is 48.3 Å². The molecule has 112 valence electrons. The highest BCUT2D eigenvalue weighted by molar-refractivity contribution is 5.94. The number of amides is 1. The van der Waals surface area contributed by atoms with Crippen LogP contribution in [0.3, 0.4) is 0 Å². The number of nitrogens with one attached hydrogen (secondary N) is 1. The first kappa shape index (κ1) is 15.5. The Kier molecular flexibility index (Phi) is 4.98. The summed E-state index contributed by atoms with van der Waals surface area (Å²) in [5.74, 6) is 0.0566. The molecule has 1 aromatic heterocycles. The van der Waals surface area contributed by atoms with Crippen LogP contribution in [0, 0.1) is 0 Å². The molecule has 1 amide bonds. The lowest BCUT2D eigenvalue weighted by molar-refractivity contribution is 0.0656. The minimum atomic E-state index is 0. The Hall–Kier alpha value is -1.85. The summed E-state index contributed by atoms with van der Waals surface area (Å²) in [4.78, 5) is 14.4. The molecule has 0 saturated carbocycles. The van der Waals surface area contributed by atoms with E-state index in [2.05, 4.69) is 17.3 Å². The summed E-state index contributed by atoms with van der Waals surface area (Å²) in [5, 5.41) is 7.57. The SMILES string of the molecule is CC1CNCCN1C(=O)c1cnn(-c2ccccc2)c1.Cl. The highest BCUT2D eigenvalue weighted by Crippen LogP contribution is 2.12. The molecule has 0 radical (unpaired) electrons. The number of hydrogen-bond donors (Lipinski definition) is 1. The second-order valence-electron chi connectivity index (χ2n) is 5.06. The second kappa shape index (κ2) is 6.74. The summed E-state index contributed by atoms with van der Waals surface area (Å²) in [5.41, 5.74) is 1.60. The minimum absolute atomic E-state index is 0. The van der Waals surface area contributed by atoms with Gasteiger partial charge in [0.15, 0.2) is 0 Å². The van der Waals surface area contributed by atoms with Gasteiger partial charge < -0.3 is 10.2 Å². The third kappa shape index (κ3) is 3.25. The summed E-state index contributed by atoms with van der Waals surface area (Å²) in [6.07, 6.45) is 3.44. The van der Waals surface area contributed by atoms with Gasteiger partial charge in [-0.15, -0.1) is 12.4 Å². The van der Waals surface area contributed by atoms with Crippen LogP contribution in [0.15, 0.2) is 42.7 Å².